The van der Waals surface area contributed by atoms with Gasteiger partial charge in [0.25, 0.3) is 0 Å². The first-order valence-corrected chi connectivity index (χ1v) is 4.85. The minimum atomic E-state index is 0.457. The van der Waals surface area contributed by atoms with Crippen molar-refractivity contribution in [1.82, 2.24) is 0 Å². The third-order valence-corrected chi connectivity index (χ3v) is 1.95. The van der Waals surface area contributed by atoms with Crippen LogP contribution in [0, 0.1) is 0 Å². The van der Waals surface area contributed by atoms with Crippen molar-refractivity contribution >= 4 is 0 Å². The predicted molar refractivity (Wildman–Crippen MR) is 58.8 cm³/mol. The molecule has 1 heteroatoms. The summed E-state index contributed by atoms with van der Waals surface area (Å²) in [6, 6.07) is 0. The molecule has 0 unspecified atom stereocenters. The van der Waals surface area contributed by atoms with Gasteiger partial charge in [0, 0.05) is 0 Å². The van der Waals surface area contributed by atoms with Gasteiger partial charge in [0.1, 0.15) is 5.76 Å². The van der Waals surface area contributed by atoms with Crippen molar-refractivity contribution in [2.75, 3.05) is 0 Å². The Bertz CT molecular complexity index is 254. The van der Waals surface area contributed by atoms with E-state index < -0.39 is 0 Å². The molecule has 0 amide bonds. The number of aliphatic hydroxyl groups is 1. The van der Waals surface area contributed by atoms with E-state index in [9.17, 15) is 5.11 Å². The Labute approximate surface area is 81.5 Å². The highest BCUT2D eigenvalue weighted by Crippen LogP contribution is 2.20. The molecule has 1 aliphatic carbocycles. The second kappa shape index (κ2) is 5.63. The standard InChI is InChI=1S/C10H14O.C2H6/c1-7-4-5-8(2)10(11)9(3)6-7;1-2/h4,6,11H,5H2,1-3H3;1-2H3. The number of allylic oxidation sites excluding steroid dienone is 5. The molecule has 0 spiro atoms. The molecule has 74 valence electrons. The normalized spacial score (nSPS) is 16.7. The summed E-state index contributed by atoms with van der Waals surface area (Å²) in [5, 5.41) is 9.52. The van der Waals surface area contributed by atoms with Crippen molar-refractivity contribution in [3.63, 3.8) is 0 Å². The van der Waals surface area contributed by atoms with Gasteiger partial charge in [0.15, 0.2) is 0 Å². The molecule has 1 N–H and O–H groups in total. The average Bonchev–Trinajstić information content (AvgIpc) is 2.24. The lowest BCUT2D eigenvalue weighted by molar-refractivity contribution is 0.415. The molecular formula is C12H20O. The van der Waals surface area contributed by atoms with Gasteiger partial charge in [0.05, 0.1) is 0 Å². The van der Waals surface area contributed by atoms with Crippen LogP contribution in [0.1, 0.15) is 41.0 Å². The van der Waals surface area contributed by atoms with E-state index in [4.69, 9.17) is 0 Å². The maximum atomic E-state index is 9.52. The largest absolute Gasteiger partial charge is 0.508 e. The van der Waals surface area contributed by atoms with Crippen molar-refractivity contribution in [3.05, 3.63) is 34.6 Å². The van der Waals surface area contributed by atoms with Crippen molar-refractivity contribution < 1.29 is 5.11 Å². The summed E-state index contributed by atoms with van der Waals surface area (Å²) < 4.78 is 0. The van der Waals surface area contributed by atoms with Gasteiger partial charge in [0.2, 0.25) is 0 Å². The van der Waals surface area contributed by atoms with Crippen LogP contribution in [0.2, 0.25) is 0 Å². The summed E-state index contributed by atoms with van der Waals surface area (Å²) in [6.45, 7) is 9.94. The minimum absolute atomic E-state index is 0.457. The molecule has 0 fully saturated rings. The van der Waals surface area contributed by atoms with E-state index in [0.717, 1.165) is 17.6 Å². The summed E-state index contributed by atoms with van der Waals surface area (Å²) in [5.41, 5.74) is 3.25. The van der Waals surface area contributed by atoms with Crippen molar-refractivity contribution in [2.24, 2.45) is 0 Å². The predicted octanol–water partition coefficient (Wildman–Crippen LogP) is 4.14. The molecule has 13 heavy (non-hydrogen) atoms. The zero-order valence-corrected chi connectivity index (χ0v) is 9.31. The Morgan fingerprint density at radius 1 is 1.15 bits per heavy atom. The summed E-state index contributed by atoms with van der Waals surface area (Å²) in [4.78, 5) is 0. The molecule has 0 aromatic heterocycles. The fourth-order valence-corrected chi connectivity index (χ4v) is 1.22. The van der Waals surface area contributed by atoms with Gasteiger partial charge in [-0.25, -0.2) is 0 Å². The van der Waals surface area contributed by atoms with E-state index in [1.54, 1.807) is 0 Å². The lowest BCUT2D eigenvalue weighted by atomic mass is 10.1. The average molecular weight is 180 g/mol. The molecule has 0 aromatic rings. The van der Waals surface area contributed by atoms with E-state index >= 15 is 0 Å². The Hall–Kier alpha value is -0.980. The maximum absolute atomic E-state index is 9.52. The molecule has 0 aliphatic heterocycles. The van der Waals surface area contributed by atoms with Crippen molar-refractivity contribution in [2.45, 2.75) is 41.0 Å². The van der Waals surface area contributed by atoms with Gasteiger partial charge in [-0.05, 0) is 38.3 Å². The van der Waals surface area contributed by atoms with Gasteiger partial charge in [-0.1, -0.05) is 31.6 Å². The second-order valence-corrected chi connectivity index (χ2v) is 3.11. The van der Waals surface area contributed by atoms with Crippen molar-refractivity contribution in [3.8, 4) is 0 Å². The molecule has 0 bridgehead atoms. The third-order valence-electron chi connectivity index (χ3n) is 1.95. The molecule has 1 nitrogen and oxygen atoms in total. The number of aliphatic hydroxyl groups excluding tert-OH is 1. The Kier molecular flexibility index (Phi) is 5.20. The van der Waals surface area contributed by atoms with Gasteiger partial charge in [-0.2, -0.15) is 0 Å². The third kappa shape index (κ3) is 3.49. The van der Waals surface area contributed by atoms with Crippen molar-refractivity contribution in [1.29, 1.82) is 0 Å². The summed E-state index contributed by atoms with van der Waals surface area (Å²) in [6.07, 6.45) is 5.00. The first kappa shape index (κ1) is 12.0. The molecule has 0 saturated carbocycles. The molecule has 0 aromatic carbocycles. The zero-order valence-electron chi connectivity index (χ0n) is 9.31. The minimum Gasteiger partial charge on any atom is -0.508 e. The highest BCUT2D eigenvalue weighted by Gasteiger charge is 2.04. The lowest BCUT2D eigenvalue weighted by Gasteiger charge is -2.00. The fraction of sp³-hybridized carbons (Fsp3) is 0.500. The van der Waals surface area contributed by atoms with Gasteiger partial charge in [-0.15, -0.1) is 0 Å². The summed E-state index contributed by atoms with van der Waals surface area (Å²) >= 11 is 0. The molecular weight excluding hydrogens is 160 g/mol. The molecule has 0 radical (unpaired) electrons. The van der Waals surface area contributed by atoms with E-state index in [1.165, 1.54) is 5.57 Å². The first-order valence-electron chi connectivity index (χ1n) is 4.85. The van der Waals surface area contributed by atoms with E-state index in [0.29, 0.717) is 5.76 Å². The van der Waals surface area contributed by atoms with Crippen LogP contribution in [0.15, 0.2) is 34.6 Å². The van der Waals surface area contributed by atoms with Crippen LogP contribution in [0.5, 0.6) is 0 Å². The Balaban J connectivity index is 0.000000671. The van der Waals surface area contributed by atoms with Crippen LogP contribution in [0.3, 0.4) is 0 Å². The van der Waals surface area contributed by atoms with E-state index in [1.807, 2.05) is 33.8 Å². The van der Waals surface area contributed by atoms with Gasteiger partial charge in [-0.3, -0.25) is 0 Å². The number of hydrogen-bond donors (Lipinski definition) is 1. The number of hydrogen-bond acceptors (Lipinski definition) is 1. The molecule has 1 rings (SSSR count). The Morgan fingerprint density at radius 2 is 1.69 bits per heavy atom. The van der Waals surface area contributed by atoms with Crippen LogP contribution < -0.4 is 0 Å². The highest BCUT2D eigenvalue weighted by atomic mass is 16.3. The van der Waals surface area contributed by atoms with Crippen LogP contribution >= 0.6 is 0 Å². The van der Waals surface area contributed by atoms with Crippen LogP contribution in [-0.2, 0) is 0 Å². The highest BCUT2D eigenvalue weighted by molar-refractivity contribution is 5.37. The topological polar surface area (TPSA) is 20.2 Å². The van der Waals surface area contributed by atoms with Crippen LogP contribution in [0.25, 0.3) is 0 Å². The molecule has 1 aliphatic rings. The molecule has 0 atom stereocenters. The lowest BCUT2D eigenvalue weighted by Crippen LogP contribution is -1.86. The van der Waals surface area contributed by atoms with E-state index in [2.05, 4.69) is 13.0 Å². The van der Waals surface area contributed by atoms with Crippen LogP contribution in [-0.4, -0.2) is 5.11 Å². The summed E-state index contributed by atoms with van der Waals surface area (Å²) in [7, 11) is 0. The monoisotopic (exact) mass is 180 g/mol. The van der Waals surface area contributed by atoms with Gasteiger partial charge < -0.3 is 5.11 Å². The smallest absolute Gasteiger partial charge is 0.117 e. The summed E-state index contributed by atoms with van der Waals surface area (Å²) in [5.74, 6) is 0.457. The quantitative estimate of drug-likeness (QED) is 0.594. The van der Waals surface area contributed by atoms with Crippen LogP contribution in [0.4, 0.5) is 0 Å². The second-order valence-electron chi connectivity index (χ2n) is 3.11. The maximum Gasteiger partial charge on any atom is 0.117 e. The van der Waals surface area contributed by atoms with E-state index in [-0.39, 0.29) is 0 Å². The molecule has 0 saturated heterocycles. The fourth-order valence-electron chi connectivity index (χ4n) is 1.22. The number of rotatable bonds is 0. The molecule has 0 heterocycles. The first-order chi connectivity index (χ1) is 6.11. The van der Waals surface area contributed by atoms with Gasteiger partial charge >= 0.3 is 0 Å². The SMILES string of the molecule is CC.CC1=CCC(C)=C(O)C(C)=C1. The zero-order chi connectivity index (χ0) is 10.4. The Morgan fingerprint density at radius 3 is 2.23 bits per heavy atom.